The van der Waals surface area contributed by atoms with Crippen LogP contribution in [0.4, 0.5) is 0 Å². The summed E-state index contributed by atoms with van der Waals surface area (Å²) in [6.07, 6.45) is 1.22. The van der Waals surface area contributed by atoms with Crippen LogP contribution in [0.15, 0.2) is 0 Å². The molecule has 0 bridgehead atoms. The summed E-state index contributed by atoms with van der Waals surface area (Å²) in [4.78, 5) is 2.54. The Morgan fingerprint density at radius 2 is 1.93 bits per heavy atom. The standard InChI is InChI=1S/C11H24N2O/c1-4-11(9-12-10(2)3)13-5-7-14-8-6-13/h10-12H,4-9H2,1-3H3. The first-order valence-electron chi connectivity index (χ1n) is 5.79. The Morgan fingerprint density at radius 3 is 2.43 bits per heavy atom. The maximum Gasteiger partial charge on any atom is 0.0594 e. The Morgan fingerprint density at radius 1 is 1.29 bits per heavy atom. The van der Waals surface area contributed by atoms with Crippen LogP contribution in [0.25, 0.3) is 0 Å². The topological polar surface area (TPSA) is 24.5 Å². The molecule has 3 heteroatoms. The fourth-order valence-electron chi connectivity index (χ4n) is 1.85. The molecule has 1 saturated heterocycles. The number of hydrogen-bond donors (Lipinski definition) is 1. The van der Waals surface area contributed by atoms with Crippen LogP contribution in [-0.4, -0.2) is 49.8 Å². The molecule has 0 aromatic heterocycles. The normalized spacial score (nSPS) is 21.4. The van der Waals surface area contributed by atoms with Crippen molar-refractivity contribution in [1.82, 2.24) is 10.2 Å². The lowest BCUT2D eigenvalue weighted by Gasteiger charge is -2.34. The van der Waals surface area contributed by atoms with E-state index < -0.39 is 0 Å². The molecule has 1 unspecified atom stereocenters. The second kappa shape index (κ2) is 6.38. The smallest absolute Gasteiger partial charge is 0.0594 e. The minimum absolute atomic E-state index is 0.588. The molecule has 1 aliphatic rings. The van der Waals surface area contributed by atoms with Gasteiger partial charge in [0.1, 0.15) is 0 Å². The van der Waals surface area contributed by atoms with Gasteiger partial charge >= 0.3 is 0 Å². The highest BCUT2D eigenvalue weighted by molar-refractivity contribution is 4.75. The summed E-state index contributed by atoms with van der Waals surface area (Å²) in [7, 11) is 0. The minimum Gasteiger partial charge on any atom is -0.379 e. The molecular weight excluding hydrogens is 176 g/mol. The quantitative estimate of drug-likeness (QED) is 0.719. The predicted molar refractivity (Wildman–Crippen MR) is 59.6 cm³/mol. The van der Waals surface area contributed by atoms with Gasteiger partial charge < -0.3 is 10.1 Å². The molecule has 0 aromatic carbocycles. The van der Waals surface area contributed by atoms with Gasteiger partial charge in [-0.15, -0.1) is 0 Å². The van der Waals surface area contributed by atoms with Crippen molar-refractivity contribution in [2.75, 3.05) is 32.8 Å². The molecule has 0 amide bonds. The third-order valence-corrected chi connectivity index (χ3v) is 2.80. The highest BCUT2D eigenvalue weighted by Gasteiger charge is 2.18. The van der Waals surface area contributed by atoms with Gasteiger partial charge in [0.05, 0.1) is 13.2 Å². The van der Waals surface area contributed by atoms with Crippen molar-refractivity contribution in [2.24, 2.45) is 0 Å². The monoisotopic (exact) mass is 200 g/mol. The summed E-state index contributed by atoms with van der Waals surface area (Å²) >= 11 is 0. The van der Waals surface area contributed by atoms with Crippen molar-refractivity contribution in [2.45, 2.75) is 39.3 Å². The maximum absolute atomic E-state index is 5.36. The van der Waals surface area contributed by atoms with Crippen LogP contribution in [0.1, 0.15) is 27.2 Å². The highest BCUT2D eigenvalue weighted by Crippen LogP contribution is 2.06. The molecule has 0 spiro atoms. The predicted octanol–water partition coefficient (Wildman–Crippen LogP) is 1.10. The Balaban J connectivity index is 2.28. The third kappa shape index (κ3) is 3.95. The van der Waals surface area contributed by atoms with E-state index in [9.17, 15) is 0 Å². The van der Waals surface area contributed by atoms with E-state index >= 15 is 0 Å². The minimum atomic E-state index is 0.588. The average Bonchev–Trinajstić information content (AvgIpc) is 2.20. The van der Waals surface area contributed by atoms with Crippen LogP contribution in [0.5, 0.6) is 0 Å². The molecule has 14 heavy (non-hydrogen) atoms. The van der Waals surface area contributed by atoms with Crippen LogP contribution in [-0.2, 0) is 4.74 Å². The van der Waals surface area contributed by atoms with Crippen LogP contribution < -0.4 is 5.32 Å². The van der Waals surface area contributed by atoms with E-state index in [1.165, 1.54) is 6.42 Å². The molecule has 1 heterocycles. The summed E-state index contributed by atoms with van der Waals surface area (Å²) < 4.78 is 5.36. The van der Waals surface area contributed by atoms with Gasteiger partial charge in [0.2, 0.25) is 0 Å². The van der Waals surface area contributed by atoms with E-state index in [0.29, 0.717) is 12.1 Å². The summed E-state index contributed by atoms with van der Waals surface area (Å²) in [5.41, 5.74) is 0. The highest BCUT2D eigenvalue weighted by atomic mass is 16.5. The van der Waals surface area contributed by atoms with E-state index in [-0.39, 0.29) is 0 Å². The molecule has 0 saturated carbocycles. The number of morpholine rings is 1. The Hall–Kier alpha value is -0.120. The summed E-state index contributed by atoms with van der Waals surface area (Å²) in [5.74, 6) is 0. The van der Waals surface area contributed by atoms with Crippen LogP contribution in [0.3, 0.4) is 0 Å². The Bertz CT molecular complexity index is 144. The fourth-order valence-corrected chi connectivity index (χ4v) is 1.85. The Labute approximate surface area is 87.8 Å². The fraction of sp³-hybridized carbons (Fsp3) is 1.00. The first-order valence-corrected chi connectivity index (χ1v) is 5.79. The van der Waals surface area contributed by atoms with Gasteiger partial charge in [-0.1, -0.05) is 20.8 Å². The number of nitrogens with zero attached hydrogens (tertiary/aromatic N) is 1. The van der Waals surface area contributed by atoms with Crippen molar-refractivity contribution in [3.05, 3.63) is 0 Å². The molecule has 3 nitrogen and oxygen atoms in total. The van der Waals surface area contributed by atoms with Crippen molar-refractivity contribution in [3.63, 3.8) is 0 Å². The average molecular weight is 200 g/mol. The Kier molecular flexibility index (Phi) is 5.45. The lowest BCUT2D eigenvalue weighted by Crippen LogP contribution is -2.48. The van der Waals surface area contributed by atoms with Crippen molar-refractivity contribution >= 4 is 0 Å². The number of nitrogens with one attached hydrogen (secondary N) is 1. The lowest BCUT2D eigenvalue weighted by molar-refractivity contribution is 0.0156. The SMILES string of the molecule is CCC(CNC(C)C)N1CCOCC1. The molecule has 84 valence electrons. The lowest BCUT2D eigenvalue weighted by atomic mass is 10.1. The largest absolute Gasteiger partial charge is 0.379 e. The molecule has 0 aliphatic carbocycles. The summed E-state index contributed by atoms with van der Waals surface area (Å²) in [5, 5.41) is 3.51. The van der Waals surface area contributed by atoms with E-state index in [2.05, 4.69) is 31.0 Å². The van der Waals surface area contributed by atoms with Crippen molar-refractivity contribution < 1.29 is 4.74 Å². The van der Waals surface area contributed by atoms with E-state index in [1.54, 1.807) is 0 Å². The van der Waals surface area contributed by atoms with Crippen LogP contribution in [0.2, 0.25) is 0 Å². The van der Waals surface area contributed by atoms with Crippen LogP contribution >= 0.6 is 0 Å². The van der Waals surface area contributed by atoms with E-state index in [4.69, 9.17) is 4.74 Å². The summed E-state index contributed by atoms with van der Waals surface area (Å²) in [6.45, 7) is 11.8. The van der Waals surface area contributed by atoms with Gasteiger partial charge in [-0.2, -0.15) is 0 Å². The third-order valence-electron chi connectivity index (χ3n) is 2.80. The van der Waals surface area contributed by atoms with Gasteiger partial charge in [0.25, 0.3) is 0 Å². The molecule has 0 aromatic rings. The first-order chi connectivity index (χ1) is 6.74. The van der Waals surface area contributed by atoms with Gasteiger partial charge in [0, 0.05) is 31.7 Å². The molecule has 1 rings (SSSR count). The van der Waals surface area contributed by atoms with Crippen molar-refractivity contribution in [3.8, 4) is 0 Å². The molecule has 1 fully saturated rings. The van der Waals surface area contributed by atoms with Crippen LogP contribution in [0, 0.1) is 0 Å². The molecule has 0 radical (unpaired) electrons. The van der Waals surface area contributed by atoms with Gasteiger partial charge in [0.15, 0.2) is 0 Å². The van der Waals surface area contributed by atoms with Gasteiger partial charge in [-0.05, 0) is 6.42 Å². The summed E-state index contributed by atoms with van der Waals surface area (Å²) in [6, 6.07) is 1.27. The second-order valence-electron chi connectivity index (χ2n) is 4.27. The zero-order valence-electron chi connectivity index (χ0n) is 9.75. The van der Waals surface area contributed by atoms with Gasteiger partial charge in [-0.3, -0.25) is 4.90 Å². The number of rotatable bonds is 5. The number of hydrogen-bond acceptors (Lipinski definition) is 3. The van der Waals surface area contributed by atoms with Crippen molar-refractivity contribution in [1.29, 1.82) is 0 Å². The number of ether oxygens (including phenoxy) is 1. The molecule has 1 N–H and O–H groups in total. The van der Waals surface area contributed by atoms with E-state index in [1.807, 2.05) is 0 Å². The first kappa shape index (κ1) is 12.0. The van der Waals surface area contributed by atoms with E-state index in [0.717, 1.165) is 32.8 Å². The van der Waals surface area contributed by atoms with Gasteiger partial charge in [-0.25, -0.2) is 0 Å². The molecule has 1 aliphatic heterocycles. The molecular formula is C11H24N2O. The molecule has 1 atom stereocenters. The zero-order valence-corrected chi connectivity index (χ0v) is 9.75. The maximum atomic E-state index is 5.36. The second-order valence-corrected chi connectivity index (χ2v) is 4.27. The zero-order chi connectivity index (χ0) is 10.4.